The van der Waals surface area contributed by atoms with Gasteiger partial charge in [0.2, 0.25) is 0 Å². The predicted molar refractivity (Wildman–Crippen MR) is 33.7 cm³/mol. The van der Waals surface area contributed by atoms with Crippen LogP contribution in [0.2, 0.25) is 0 Å². The summed E-state index contributed by atoms with van der Waals surface area (Å²) in [7, 11) is 0. The fraction of sp³-hybridized carbons (Fsp3) is 0.600. The van der Waals surface area contributed by atoms with Gasteiger partial charge in [-0.2, -0.15) is 0 Å². The summed E-state index contributed by atoms with van der Waals surface area (Å²) in [6.45, 7) is 0.422. The Morgan fingerprint density at radius 1 is 1.50 bits per heavy atom. The molecule has 0 saturated heterocycles. The quantitative estimate of drug-likeness (QED) is 0.249. The number of hydrogen-bond donors (Lipinski definition) is 0. The molecule has 0 amide bonds. The normalized spacial score (nSPS) is 8.50. The average molecular weight is 167 g/mol. The van der Waals surface area contributed by atoms with E-state index in [9.17, 15) is 9.59 Å². The molecule has 0 heterocycles. The maximum atomic E-state index is 10.3. The third-order valence-corrected chi connectivity index (χ3v) is 0.860. The number of hydrogen-bond acceptors (Lipinski definition) is 4. The van der Waals surface area contributed by atoms with Crippen molar-refractivity contribution >= 4 is 24.0 Å². The maximum Gasteiger partial charge on any atom is 0.320 e. The topological polar surface area (TPSA) is 52.6 Å². The lowest BCUT2D eigenvalue weighted by Crippen LogP contribution is -2.10. The van der Waals surface area contributed by atoms with Crippen molar-refractivity contribution in [2.45, 2.75) is 0 Å². The van der Waals surface area contributed by atoms with Crippen LogP contribution in [0.3, 0.4) is 0 Å². The Hall–Kier alpha value is -0.770. The van der Waals surface area contributed by atoms with Crippen molar-refractivity contribution in [3.63, 3.8) is 0 Å². The molecule has 0 rings (SSSR count). The lowest BCUT2D eigenvalue weighted by molar-refractivity contribution is -0.144. The summed E-state index contributed by atoms with van der Waals surface area (Å²) in [6, 6.07) is 0. The number of halogens is 1. The van der Waals surface area contributed by atoms with Crippen molar-refractivity contribution in [3.05, 3.63) is 0 Å². The van der Waals surface area contributed by atoms with E-state index in [0.29, 0.717) is 0 Å². The molecule has 0 spiro atoms. The number of carbonyl (C=O) groups is 2. The Bertz CT molecular complexity index is 114. The van der Waals surface area contributed by atoms with E-state index in [-0.39, 0.29) is 25.6 Å². The van der Waals surface area contributed by atoms with Gasteiger partial charge in [0, 0.05) is 0 Å². The van der Waals surface area contributed by atoms with Crippen molar-refractivity contribution in [3.8, 4) is 0 Å². The summed E-state index contributed by atoms with van der Waals surface area (Å²) in [5, 5.41) is 0. The molecule has 0 unspecified atom stereocenters. The molecule has 0 N–H and O–H groups in total. The smallest absolute Gasteiger partial charge is 0.320 e. The Morgan fingerprint density at radius 2 is 2.20 bits per heavy atom. The van der Waals surface area contributed by atoms with E-state index in [0.717, 1.165) is 0 Å². The van der Waals surface area contributed by atoms with Crippen LogP contribution < -0.4 is 0 Å². The van der Waals surface area contributed by atoms with Crippen LogP contribution in [0.5, 0.6) is 0 Å². The molecule has 4 nitrogen and oxygen atoms in total. The first-order valence-corrected chi connectivity index (χ1v) is 3.11. The van der Waals surface area contributed by atoms with E-state index in [1.54, 1.807) is 0 Å². The molecule has 0 radical (unpaired) electrons. The first kappa shape index (κ1) is 9.23. The Kier molecular flexibility index (Phi) is 5.86. The fourth-order valence-corrected chi connectivity index (χ4v) is 0.367. The standard InChI is InChI=1S/C5H7ClO4/c6-3-5(8)10-2-1-9-4-7/h4H,1-3H2. The molecular weight excluding hydrogens is 160 g/mol. The molecule has 0 aliphatic heterocycles. The van der Waals surface area contributed by atoms with Crippen LogP contribution in [-0.4, -0.2) is 31.5 Å². The number of rotatable bonds is 5. The minimum Gasteiger partial charge on any atom is -0.464 e. The molecule has 5 heteroatoms. The van der Waals surface area contributed by atoms with E-state index in [1.807, 2.05) is 0 Å². The van der Waals surface area contributed by atoms with Gasteiger partial charge in [0.1, 0.15) is 19.1 Å². The Balaban J connectivity index is 3.03. The lowest BCUT2D eigenvalue weighted by Gasteiger charge is -1.99. The first-order valence-electron chi connectivity index (χ1n) is 2.58. The fourth-order valence-electron chi connectivity index (χ4n) is 0.290. The van der Waals surface area contributed by atoms with Gasteiger partial charge in [-0.25, -0.2) is 0 Å². The Morgan fingerprint density at radius 3 is 2.70 bits per heavy atom. The highest BCUT2D eigenvalue weighted by Gasteiger charge is 1.97. The summed E-state index contributed by atoms with van der Waals surface area (Å²) in [5.74, 6) is -0.697. The van der Waals surface area contributed by atoms with Crippen molar-refractivity contribution < 1.29 is 19.1 Å². The zero-order chi connectivity index (χ0) is 7.82. The average Bonchev–Trinajstić information content (AvgIpc) is 1.98. The van der Waals surface area contributed by atoms with E-state index < -0.39 is 5.97 Å². The van der Waals surface area contributed by atoms with Gasteiger partial charge in [-0.05, 0) is 0 Å². The van der Waals surface area contributed by atoms with Gasteiger partial charge in [0.05, 0.1) is 0 Å². The van der Waals surface area contributed by atoms with Crippen LogP contribution in [0, 0.1) is 0 Å². The molecule has 0 aromatic heterocycles. The third-order valence-electron chi connectivity index (χ3n) is 0.641. The highest BCUT2D eigenvalue weighted by molar-refractivity contribution is 6.26. The van der Waals surface area contributed by atoms with Gasteiger partial charge >= 0.3 is 5.97 Å². The van der Waals surface area contributed by atoms with Crippen LogP contribution in [0.4, 0.5) is 0 Å². The summed E-state index contributed by atoms with van der Waals surface area (Å²) in [4.78, 5) is 19.8. The highest BCUT2D eigenvalue weighted by atomic mass is 35.5. The first-order chi connectivity index (χ1) is 4.81. The Labute approximate surface area is 63.1 Å². The SMILES string of the molecule is O=COCCOC(=O)CCl. The van der Waals surface area contributed by atoms with Gasteiger partial charge in [-0.3, -0.25) is 9.59 Å². The molecule has 0 atom stereocenters. The second-order valence-electron chi connectivity index (χ2n) is 1.32. The molecule has 0 bridgehead atoms. The molecule has 0 aromatic rings. The zero-order valence-electron chi connectivity index (χ0n) is 5.21. The lowest BCUT2D eigenvalue weighted by atomic mass is 10.7. The molecule has 0 aliphatic rings. The van der Waals surface area contributed by atoms with Crippen LogP contribution in [-0.2, 0) is 19.1 Å². The van der Waals surface area contributed by atoms with Crippen LogP contribution in [0.1, 0.15) is 0 Å². The van der Waals surface area contributed by atoms with Gasteiger partial charge in [0.15, 0.2) is 0 Å². The minimum atomic E-state index is -0.517. The summed E-state index contributed by atoms with van der Waals surface area (Å²) in [5.41, 5.74) is 0. The van der Waals surface area contributed by atoms with E-state index >= 15 is 0 Å². The highest BCUT2D eigenvalue weighted by Crippen LogP contribution is 1.82. The van der Waals surface area contributed by atoms with Gasteiger partial charge in [0.25, 0.3) is 6.47 Å². The van der Waals surface area contributed by atoms with E-state index in [2.05, 4.69) is 9.47 Å². The van der Waals surface area contributed by atoms with Crippen LogP contribution in [0.25, 0.3) is 0 Å². The van der Waals surface area contributed by atoms with Crippen molar-refractivity contribution in [1.82, 2.24) is 0 Å². The van der Waals surface area contributed by atoms with Crippen molar-refractivity contribution in [2.75, 3.05) is 19.1 Å². The van der Waals surface area contributed by atoms with Crippen LogP contribution in [0.15, 0.2) is 0 Å². The summed E-state index contributed by atoms with van der Waals surface area (Å²) in [6.07, 6.45) is 0. The monoisotopic (exact) mass is 166 g/mol. The molecule has 0 aliphatic carbocycles. The second-order valence-corrected chi connectivity index (χ2v) is 1.59. The molecule has 0 aromatic carbocycles. The molecule has 58 valence electrons. The van der Waals surface area contributed by atoms with Crippen molar-refractivity contribution in [2.24, 2.45) is 0 Å². The number of carbonyl (C=O) groups excluding carboxylic acids is 2. The van der Waals surface area contributed by atoms with Gasteiger partial charge in [-0.15, -0.1) is 11.6 Å². The summed E-state index contributed by atoms with van der Waals surface area (Å²) < 4.78 is 8.67. The zero-order valence-corrected chi connectivity index (χ0v) is 5.97. The third kappa shape index (κ3) is 5.37. The molecule has 0 saturated carbocycles. The van der Waals surface area contributed by atoms with Crippen LogP contribution >= 0.6 is 11.6 Å². The molecule has 0 fully saturated rings. The predicted octanol–water partition coefficient (Wildman–Crippen LogP) is -0.0586. The molecule has 10 heavy (non-hydrogen) atoms. The number of esters is 1. The number of alkyl halides is 1. The maximum absolute atomic E-state index is 10.3. The van der Waals surface area contributed by atoms with E-state index in [4.69, 9.17) is 11.6 Å². The van der Waals surface area contributed by atoms with Gasteiger partial charge < -0.3 is 9.47 Å². The van der Waals surface area contributed by atoms with Gasteiger partial charge in [-0.1, -0.05) is 0 Å². The largest absolute Gasteiger partial charge is 0.464 e. The minimum absolute atomic E-state index is 0.0598. The second kappa shape index (κ2) is 6.35. The molecular formula is C5H7ClO4. The van der Waals surface area contributed by atoms with E-state index in [1.165, 1.54) is 0 Å². The summed E-state index contributed by atoms with van der Waals surface area (Å²) >= 11 is 5.08. The van der Waals surface area contributed by atoms with Crippen molar-refractivity contribution in [1.29, 1.82) is 0 Å². The number of ether oxygens (including phenoxy) is 2.